The molecule has 0 fully saturated rings. The third-order valence-corrected chi connectivity index (χ3v) is 5.10. The van der Waals surface area contributed by atoms with Crippen LogP contribution in [0.5, 0.6) is 0 Å². The fourth-order valence-electron chi connectivity index (χ4n) is 3.38. The molecule has 0 radical (unpaired) electrons. The second-order valence-electron chi connectivity index (χ2n) is 7.42. The highest BCUT2D eigenvalue weighted by Crippen LogP contribution is 2.29. The largest absolute Gasteiger partial charge is 0.466 e. The number of nitrogens with zero attached hydrogens (tertiary/aromatic N) is 2. The van der Waals surface area contributed by atoms with Gasteiger partial charge < -0.3 is 4.74 Å². The van der Waals surface area contributed by atoms with E-state index in [0.717, 1.165) is 44.9 Å². The fraction of sp³-hybridized carbons (Fsp3) is 0.222. The maximum Gasteiger partial charge on any atom is 0.306 e. The Morgan fingerprint density at radius 3 is 2.81 bits per heavy atom. The lowest BCUT2D eigenvalue weighted by molar-refractivity contribution is -0.143. The summed E-state index contributed by atoms with van der Waals surface area (Å²) in [5, 5.41) is 7.39. The average molecular weight is 428 g/mol. The number of allylic oxidation sites excluding steroid dienone is 11. The standard InChI is InChI=1S/C27H29N3O2/c1-5-21(14-16-26(31)32-6-2)17-23-11-8-10-22(15-13-19(23)3)24-18-28-30-27(24)25-12-7-9-20(4)29-25/h5,7-13,15,17-18H,3,6,14,16H2,1-2,4H3,(H,28,30)/b11-8+,15-13-,21-5-,22-10-,23-17-. The fourth-order valence-corrected chi connectivity index (χ4v) is 3.38. The van der Waals surface area contributed by atoms with E-state index in [4.69, 9.17) is 4.74 Å². The highest BCUT2D eigenvalue weighted by molar-refractivity contribution is 5.84. The van der Waals surface area contributed by atoms with Gasteiger partial charge in [0.05, 0.1) is 12.3 Å². The van der Waals surface area contributed by atoms with Gasteiger partial charge in [0.15, 0.2) is 0 Å². The first-order valence-corrected chi connectivity index (χ1v) is 10.8. The lowest BCUT2D eigenvalue weighted by Crippen LogP contribution is -2.03. The Balaban J connectivity index is 1.83. The summed E-state index contributed by atoms with van der Waals surface area (Å²) in [6, 6.07) is 5.92. The quantitative estimate of drug-likeness (QED) is 0.545. The molecule has 0 atom stereocenters. The maximum atomic E-state index is 11.7. The van der Waals surface area contributed by atoms with Crippen LogP contribution in [0.25, 0.3) is 17.0 Å². The summed E-state index contributed by atoms with van der Waals surface area (Å²) in [4.78, 5) is 16.3. The molecular formula is C27H29N3O2. The van der Waals surface area contributed by atoms with Gasteiger partial charge in [0.1, 0.15) is 5.69 Å². The second-order valence-corrected chi connectivity index (χ2v) is 7.42. The topological polar surface area (TPSA) is 67.9 Å². The molecule has 2 aromatic heterocycles. The molecule has 0 saturated heterocycles. The number of hydrogen-bond donors (Lipinski definition) is 1. The number of aryl methyl sites for hydroxylation is 1. The van der Waals surface area contributed by atoms with E-state index in [2.05, 4.69) is 33.9 Å². The Morgan fingerprint density at radius 1 is 1.22 bits per heavy atom. The predicted octanol–water partition coefficient (Wildman–Crippen LogP) is 6.06. The molecule has 164 valence electrons. The van der Waals surface area contributed by atoms with Gasteiger partial charge in [0.2, 0.25) is 0 Å². The zero-order chi connectivity index (χ0) is 22.9. The molecule has 0 unspecified atom stereocenters. The van der Waals surface area contributed by atoms with Crippen molar-refractivity contribution < 1.29 is 9.53 Å². The van der Waals surface area contributed by atoms with Gasteiger partial charge in [-0.25, -0.2) is 0 Å². The Labute approximate surface area is 189 Å². The van der Waals surface area contributed by atoms with Crippen LogP contribution in [0.3, 0.4) is 0 Å². The van der Waals surface area contributed by atoms with Crippen molar-refractivity contribution in [3.63, 3.8) is 0 Å². The van der Waals surface area contributed by atoms with E-state index >= 15 is 0 Å². The van der Waals surface area contributed by atoms with Crippen LogP contribution in [0.15, 0.2) is 90.2 Å². The van der Waals surface area contributed by atoms with Gasteiger partial charge in [-0.05, 0) is 56.0 Å². The Hall–Kier alpha value is -3.73. The van der Waals surface area contributed by atoms with Crippen molar-refractivity contribution in [1.29, 1.82) is 0 Å². The first kappa shape index (κ1) is 22.9. The molecule has 32 heavy (non-hydrogen) atoms. The minimum atomic E-state index is -0.177. The molecule has 1 aliphatic rings. The molecular weight excluding hydrogens is 398 g/mol. The predicted molar refractivity (Wildman–Crippen MR) is 130 cm³/mol. The van der Waals surface area contributed by atoms with Crippen LogP contribution in [-0.2, 0) is 9.53 Å². The number of H-pyrrole nitrogens is 1. The van der Waals surface area contributed by atoms with E-state index in [9.17, 15) is 4.79 Å². The SMILES string of the molecule is C=C1\C=C/C(c2c[nH]nc2-c2cccc(C)n2)=C/C=C/C1=C/C(=C\C)CCC(=O)OCC. The van der Waals surface area contributed by atoms with Crippen molar-refractivity contribution in [3.8, 4) is 11.4 Å². The van der Waals surface area contributed by atoms with E-state index in [1.807, 2.05) is 75.5 Å². The van der Waals surface area contributed by atoms with Gasteiger partial charge in [0.25, 0.3) is 0 Å². The highest BCUT2D eigenvalue weighted by atomic mass is 16.5. The molecule has 1 aliphatic carbocycles. The number of hydrogen-bond acceptors (Lipinski definition) is 4. The third-order valence-electron chi connectivity index (χ3n) is 5.10. The monoisotopic (exact) mass is 427 g/mol. The first-order chi connectivity index (χ1) is 15.5. The first-order valence-electron chi connectivity index (χ1n) is 10.8. The molecule has 0 saturated carbocycles. The molecule has 3 rings (SSSR count). The van der Waals surface area contributed by atoms with E-state index in [-0.39, 0.29) is 5.97 Å². The number of aromatic nitrogens is 3. The van der Waals surface area contributed by atoms with Crippen LogP contribution in [0.1, 0.15) is 37.9 Å². The van der Waals surface area contributed by atoms with Gasteiger partial charge in [-0.3, -0.25) is 14.9 Å². The van der Waals surface area contributed by atoms with Gasteiger partial charge in [-0.15, -0.1) is 0 Å². The molecule has 0 aromatic carbocycles. The van der Waals surface area contributed by atoms with E-state index < -0.39 is 0 Å². The number of pyridine rings is 1. The molecule has 0 aliphatic heterocycles. The van der Waals surface area contributed by atoms with E-state index in [0.29, 0.717) is 19.4 Å². The summed E-state index contributed by atoms with van der Waals surface area (Å²) in [7, 11) is 0. The summed E-state index contributed by atoms with van der Waals surface area (Å²) >= 11 is 0. The van der Waals surface area contributed by atoms with Crippen LogP contribution in [0.2, 0.25) is 0 Å². The zero-order valence-corrected chi connectivity index (χ0v) is 18.9. The van der Waals surface area contributed by atoms with Crippen LogP contribution in [0, 0.1) is 6.92 Å². The van der Waals surface area contributed by atoms with Crippen LogP contribution >= 0.6 is 0 Å². The number of ether oxygens (including phenoxy) is 1. The van der Waals surface area contributed by atoms with Crippen LogP contribution in [-0.4, -0.2) is 27.8 Å². The third kappa shape index (κ3) is 5.91. The Morgan fingerprint density at radius 2 is 2.06 bits per heavy atom. The maximum absolute atomic E-state index is 11.7. The average Bonchev–Trinajstić information content (AvgIpc) is 3.26. The minimum absolute atomic E-state index is 0.177. The normalized spacial score (nSPS) is 19.1. The summed E-state index contributed by atoms with van der Waals surface area (Å²) in [5.41, 5.74) is 7.55. The smallest absolute Gasteiger partial charge is 0.306 e. The van der Waals surface area contributed by atoms with Crippen LogP contribution in [0.4, 0.5) is 0 Å². The van der Waals surface area contributed by atoms with Gasteiger partial charge >= 0.3 is 5.97 Å². The number of rotatable bonds is 7. The van der Waals surface area contributed by atoms with Crippen molar-refractivity contribution in [3.05, 3.63) is 101 Å². The van der Waals surface area contributed by atoms with Gasteiger partial charge in [0, 0.05) is 23.9 Å². The molecule has 0 bridgehead atoms. The van der Waals surface area contributed by atoms with E-state index in [1.165, 1.54) is 0 Å². The molecule has 0 spiro atoms. The number of esters is 1. The highest BCUT2D eigenvalue weighted by Gasteiger charge is 2.13. The van der Waals surface area contributed by atoms with Crippen molar-refractivity contribution >= 4 is 11.5 Å². The summed E-state index contributed by atoms with van der Waals surface area (Å²) in [5.74, 6) is -0.177. The number of carbonyl (C=O) groups is 1. The van der Waals surface area contributed by atoms with Crippen molar-refractivity contribution in [2.75, 3.05) is 6.61 Å². The minimum Gasteiger partial charge on any atom is -0.466 e. The second kappa shape index (κ2) is 11.0. The molecule has 5 heteroatoms. The number of aromatic amines is 1. The summed E-state index contributed by atoms with van der Waals surface area (Å²) in [6.45, 7) is 10.4. The molecule has 1 N–H and O–H groups in total. The van der Waals surface area contributed by atoms with Gasteiger partial charge in [-0.1, -0.05) is 60.8 Å². The van der Waals surface area contributed by atoms with E-state index in [1.54, 1.807) is 0 Å². The number of carbonyl (C=O) groups excluding carboxylic acids is 1. The van der Waals surface area contributed by atoms with Crippen LogP contribution < -0.4 is 0 Å². The Kier molecular flexibility index (Phi) is 7.92. The molecule has 0 amide bonds. The molecule has 2 heterocycles. The molecule has 5 nitrogen and oxygen atoms in total. The molecule has 2 aromatic rings. The van der Waals surface area contributed by atoms with Crippen molar-refractivity contribution in [2.45, 2.75) is 33.6 Å². The van der Waals surface area contributed by atoms with Gasteiger partial charge in [-0.2, -0.15) is 5.10 Å². The Bertz CT molecular complexity index is 1140. The summed E-state index contributed by atoms with van der Waals surface area (Å²) in [6.07, 6.45) is 17.1. The lowest BCUT2D eigenvalue weighted by atomic mass is 9.96. The van der Waals surface area contributed by atoms with Crippen molar-refractivity contribution in [1.82, 2.24) is 15.2 Å². The van der Waals surface area contributed by atoms with Crippen molar-refractivity contribution in [2.24, 2.45) is 0 Å². The summed E-state index contributed by atoms with van der Waals surface area (Å²) < 4.78 is 5.03. The lowest BCUT2D eigenvalue weighted by Gasteiger charge is -2.09. The zero-order valence-electron chi connectivity index (χ0n) is 18.9. The number of nitrogens with one attached hydrogen (secondary N) is 1.